The van der Waals surface area contributed by atoms with Crippen LogP contribution >= 0.6 is 0 Å². The van der Waals surface area contributed by atoms with E-state index in [9.17, 15) is 14.4 Å². The van der Waals surface area contributed by atoms with Crippen molar-refractivity contribution in [2.75, 3.05) is 13.2 Å². The molecule has 0 radical (unpaired) electrons. The van der Waals surface area contributed by atoms with Crippen LogP contribution in [0.25, 0.3) is 0 Å². The molecule has 0 heterocycles. The van der Waals surface area contributed by atoms with Crippen LogP contribution in [0.1, 0.15) is 323 Å². The fourth-order valence-corrected chi connectivity index (χ4v) is 9.62. The highest BCUT2D eigenvalue weighted by Gasteiger charge is 2.19. The van der Waals surface area contributed by atoms with Gasteiger partial charge in [0, 0.05) is 19.3 Å². The average molecular weight is 1140 g/mol. The molecule has 6 nitrogen and oxygen atoms in total. The van der Waals surface area contributed by atoms with E-state index in [2.05, 4.69) is 142 Å². The predicted octanol–water partition coefficient (Wildman–Crippen LogP) is 23.9. The Labute approximate surface area is 507 Å². The van der Waals surface area contributed by atoms with E-state index in [0.717, 1.165) is 135 Å². The normalized spacial score (nSPS) is 12.9. The Morgan fingerprint density at radius 1 is 0.256 bits per heavy atom. The van der Waals surface area contributed by atoms with Crippen LogP contribution in [0.5, 0.6) is 0 Å². The van der Waals surface area contributed by atoms with Crippen molar-refractivity contribution in [2.24, 2.45) is 0 Å². The quantitative estimate of drug-likeness (QED) is 0.0261. The van der Waals surface area contributed by atoms with Gasteiger partial charge in [0.25, 0.3) is 0 Å². The summed E-state index contributed by atoms with van der Waals surface area (Å²) < 4.78 is 17.0. The van der Waals surface area contributed by atoms with Crippen molar-refractivity contribution in [1.82, 2.24) is 0 Å². The Balaban J connectivity index is 4.44. The SMILES string of the molecule is CC/C=C\C/C=C\C/C=C\C/C=C\C/C=C\CCCCCCCCCC(=O)OCC(COC(=O)CCCCC/C=C\C/C=C\C/C=C\C/C=C\C/C=C\CC)OC(=O)CCCCCCCCCCCCCCCCCCCCCCCC. The van der Waals surface area contributed by atoms with E-state index < -0.39 is 6.10 Å². The van der Waals surface area contributed by atoms with Gasteiger partial charge in [-0.25, -0.2) is 0 Å². The summed E-state index contributed by atoms with van der Waals surface area (Å²) in [7, 11) is 0. The first-order chi connectivity index (χ1) is 40.5. The Bertz CT molecular complexity index is 1690. The standard InChI is InChI=1S/C76H128O6/c1-4-7-10-13-16-19-22-25-28-31-34-36-38-40-42-45-48-51-54-57-60-63-66-69-75(78)81-72-73(71-80-74(77)68-65-62-59-56-53-50-47-44-41-33-30-27-24-21-18-15-12-9-6-3)82-76(79)70-67-64-61-58-55-52-49-46-43-39-37-35-32-29-26-23-20-17-14-11-8-5-2/h7,9-10,12,16,18-19,21,25,27-28,30,34,36,40-42,44,50,53,73H,4-6,8,11,13-15,17,20,22-24,26,29,31-33,35,37-39,43,45-49,51-52,54-72H2,1-3H3/b10-7-,12-9-,19-16-,21-18-,28-25-,30-27-,36-34-,42-40-,44-41-,53-50-. The smallest absolute Gasteiger partial charge is 0.306 e. The molecule has 0 amide bonds. The molecular formula is C76H128O6. The predicted molar refractivity (Wildman–Crippen MR) is 357 cm³/mol. The number of hydrogen-bond acceptors (Lipinski definition) is 6. The van der Waals surface area contributed by atoms with Gasteiger partial charge in [0.15, 0.2) is 6.10 Å². The van der Waals surface area contributed by atoms with Gasteiger partial charge in [0.1, 0.15) is 13.2 Å². The molecule has 0 spiro atoms. The van der Waals surface area contributed by atoms with Crippen LogP contribution in [0.3, 0.4) is 0 Å². The molecule has 0 aliphatic rings. The van der Waals surface area contributed by atoms with Crippen LogP contribution in [0.15, 0.2) is 122 Å². The summed E-state index contributed by atoms with van der Waals surface area (Å²) in [6, 6.07) is 0. The molecule has 1 unspecified atom stereocenters. The van der Waals surface area contributed by atoms with Crippen molar-refractivity contribution in [1.29, 1.82) is 0 Å². The van der Waals surface area contributed by atoms with E-state index in [4.69, 9.17) is 14.2 Å². The van der Waals surface area contributed by atoms with Crippen LogP contribution in [-0.4, -0.2) is 37.2 Å². The van der Waals surface area contributed by atoms with Gasteiger partial charge in [-0.2, -0.15) is 0 Å². The Morgan fingerprint density at radius 3 is 0.756 bits per heavy atom. The van der Waals surface area contributed by atoms with E-state index in [1.54, 1.807) is 0 Å². The number of esters is 3. The zero-order valence-corrected chi connectivity index (χ0v) is 53.7. The van der Waals surface area contributed by atoms with Crippen molar-refractivity contribution in [3.63, 3.8) is 0 Å². The number of unbranched alkanes of at least 4 members (excludes halogenated alkanes) is 31. The fourth-order valence-electron chi connectivity index (χ4n) is 9.62. The van der Waals surface area contributed by atoms with Crippen LogP contribution in [-0.2, 0) is 28.6 Å². The molecule has 0 N–H and O–H groups in total. The summed E-state index contributed by atoms with van der Waals surface area (Å²) in [5, 5.41) is 0. The third-order valence-corrected chi connectivity index (χ3v) is 14.7. The zero-order chi connectivity index (χ0) is 59.2. The second-order valence-electron chi connectivity index (χ2n) is 22.7. The van der Waals surface area contributed by atoms with E-state index in [1.165, 1.54) is 148 Å². The topological polar surface area (TPSA) is 78.9 Å². The Hall–Kier alpha value is -4.19. The van der Waals surface area contributed by atoms with Crippen molar-refractivity contribution in [2.45, 2.75) is 329 Å². The fraction of sp³-hybridized carbons (Fsp3) is 0.697. The number of allylic oxidation sites excluding steroid dienone is 20. The summed E-state index contributed by atoms with van der Waals surface area (Å²) in [4.78, 5) is 38.5. The van der Waals surface area contributed by atoms with Gasteiger partial charge < -0.3 is 14.2 Å². The highest BCUT2D eigenvalue weighted by Crippen LogP contribution is 2.17. The summed E-state index contributed by atoms with van der Waals surface area (Å²) in [6.45, 7) is 6.41. The molecule has 0 aromatic rings. The third kappa shape index (κ3) is 66.6. The van der Waals surface area contributed by atoms with Gasteiger partial charge >= 0.3 is 17.9 Å². The molecule has 82 heavy (non-hydrogen) atoms. The summed E-state index contributed by atoms with van der Waals surface area (Å²) in [5.74, 6) is -0.925. The number of carbonyl (C=O) groups excluding carboxylic acids is 3. The van der Waals surface area contributed by atoms with Gasteiger partial charge in [-0.05, 0) is 109 Å². The summed E-state index contributed by atoms with van der Waals surface area (Å²) >= 11 is 0. The van der Waals surface area contributed by atoms with Crippen molar-refractivity contribution < 1.29 is 28.6 Å². The number of carbonyl (C=O) groups is 3. The number of rotatable bonds is 62. The van der Waals surface area contributed by atoms with Gasteiger partial charge in [0.2, 0.25) is 0 Å². The molecular weight excluding hydrogens is 1010 g/mol. The van der Waals surface area contributed by atoms with Crippen molar-refractivity contribution in [3.05, 3.63) is 122 Å². The molecule has 0 bridgehead atoms. The minimum absolute atomic E-state index is 0.0949. The highest BCUT2D eigenvalue weighted by molar-refractivity contribution is 5.71. The maximum Gasteiger partial charge on any atom is 0.306 e. The van der Waals surface area contributed by atoms with Crippen molar-refractivity contribution in [3.8, 4) is 0 Å². The van der Waals surface area contributed by atoms with E-state index in [0.29, 0.717) is 19.3 Å². The highest BCUT2D eigenvalue weighted by atomic mass is 16.6. The van der Waals surface area contributed by atoms with Crippen LogP contribution < -0.4 is 0 Å². The molecule has 6 heteroatoms. The van der Waals surface area contributed by atoms with Gasteiger partial charge in [-0.3, -0.25) is 14.4 Å². The lowest BCUT2D eigenvalue weighted by molar-refractivity contribution is -0.167. The van der Waals surface area contributed by atoms with E-state index in [-0.39, 0.29) is 31.1 Å². The van der Waals surface area contributed by atoms with Crippen LogP contribution in [0.4, 0.5) is 0 Å². The lowest BCUT2D eigenvalue weighted by atomic mass is 10.0. The Morgan fingerprint density at radius 2 is 0.476 bits per heavy atom. The minimum Gasteiger partial charge on any atom is -0.462 e. The van der Waals surface area contributed by atoms with Gasteiger partial charge in [-0.1, -0.05) is 316 Å². The first-order valence-electron chi connectivity index (χ1n) is 34.5. The van der Waals surface area contributed by atoms with Gasteiger partial charge in [-0.15, -0.1) is 0 Å². The van der Waals surface area contributed by atoms with E-state index >= 15 is 0 Å². The molecule has 0 fully saturated rings. The molecule has 0 saturated carbocycles. The van der Waals surface area contributed by atoms with E-state index in [1.807, 2.05) is 0 Å². The molecule has 1 atom stereocenters. The minimum atomic E-state index is -0.801. The number of ether oxygens (including phenoxy) is 3. The lowest BCUT2D eigenvalue weighted by Crippen LogP contribution is -2.30. The molecule has 0 saturated heterocycles. The van der Waals surface area contributed by atoms with Gasteiger partial charge in [0.05, 0.1) is 0 Å². The largest absolute Gasteiger partial charge is 0.462 e. The first-order valence-corrected chi connectivity index (χ1v) is 34.5. The zero-order valence-electron chi connectivity index (χ0n) is 53.7. The Kier molecular flexibility index (Phi) is 65.8. The second-order valence-corrected chi connectivity index (χ2v) is 22.7. The third-order valence-electron chi connectivity index (χ3n) is 14.7. The summed E-state index contributed by atoms with van der Waals surface area (Å²) in [6.07, 6.45) is 96.4. The maximum absolute atomic E-state index is 13.0. The molecule has 0 rings (SSSR count). The van der Waals surface area contributed by atoms with Crippen LogP contribution in [0, 0.1) is 0 Å². The summed E-state index contributed by atoms with van der Waals surface area (Å²) in [5.41, 5.74) is 0. The molecule has 468 valence electrons. The molecule has 0 aliphatic carbocycles. The number of hydrogen-bond donors (Lipinski definition) is 0. The van der Waals surface area contributed by atoms with Crippen molar-refractivity contribution >= 4 is 17.9 Å². The molecule has 0 aliphatic heterocycles. The monoisotopic (exact) mass is 1140 g/mol. The molecule has 0 aromatic heterocycles. The second kappa shape index (κ2) is 69.3. The average Bonchev–Trinajstić information content (AvgIpc) is 3.48. The maximum atomic E-state index is 13.0. The van der Waals surface area contributed by atoms with Crippen LogP contribution in [0.2, 0.25) is 0 Å². The molecule has 0 aromatic carbocycles. The first kappa shape index (κ1) is 77.8. The lowest BCUT2D eigenvalue weighted by Gasteiger charge is -2.18.